The number of hydrogen-bond acceptors (Lipinski definition) is 5. The van der Waals surface area contributed by atoms with Crippen molar-refractivity contribution in [2.45, 2.75) is 12.8 Å². The van der Waals surface area contributed by atoms with Gasteiger partial charge in [-0.2, -0.15) is 0 Å². The third-order valence-electron chi connectivity index (χ3n) is 3.43. The molecule has 1 aromatic rings. The van der Waals surface area contributed by atoms with E-state index in [0.29, 0.717) is 17.2 Å². The van der Waals surface area contributed by atoms with Crippen molar-refractivity contribution >= 4 is 17.4 Å². The van der Waals surface area contributed by atoms with E-state index in [2.05, 4.69) is 9.88 Å². The molecule has 1 fully saturated rings. The lowest BCUT2D eigenvalue weighted by Crippen LogP contribution is -2.37. The van der Waals surface area contributed by atoms with Crippen molar-refractivity contribution in [2.75, 3.05) is 37.4 Å². The highest BCUT2D eigenvalue weighted by molar-refractivity contribution is 5.98. The Balaban J connectivity index is 2.17. The quantitative estimate of drug-likeness (QED) is 0.831. The maximum Gasteiger partial charge on any atom is 0.250 e. The topological polar surface area (TPSA) is 94.5 Å². The number of methoxy groups -OCH3 is 1. The molecule has 4 N–H and O–H groups in total. The first-order valence-corrected chi connectivity index (χ1v) is 6.41. The summed E-state index contributed by atoms with van der Waals surface area (Å²) < 4.78 is 5.21. The second kappa shape index (κ2) is 5.88. The summed E-state index contributed by atoms with van der Waals surface area (Å²) in [5, 5.41) is 0. The van der Waals surface area contributed by atoms with Gasteiger partial charge < -0.3 is 21.1 Å². The number of ether oxygens (including phenoxy) is 1. The summed E-state index contributed by atoms with van der Waals surface area (Å²) in [6.45, 7) is 2.55. The van der Waals surface area contributed by atoms with E-state index in [1.165, 1.54) is 6.20 Å². The predicted molar refractivity (Wildman–Crippen MR) is 74.0 cm³/mol. The summed E-state index contributed by atoms with van der Waals surface area (Å²) in [6, 6.07) is 1.67. The molecule has 1 unspecified atom stereocenters. The second-order valence-electron chi connectivity index (χ2n) is 4.90. The van der Waals surface area contributed by atoms with Gasteiger partial charge in [0.2, 0.25) is 0 Å². The molecule has 0 aliphatic carbocycles. The molecule has 1 atom stereocenters. The number of amides is 1. The third kappa shape index (κ3) is 3.14. The van der Waals surface area contributed by atoms with Crippen LogP contribution < -0.4 is 16.4 Å². The number of hydrogen-bond donors (Lipinski definition) is 2. The number of nitrogens with zero attached hydrogens (tertiary/aromatic N) is 2. The first-order chi connectivity index (χ1) is 9.11. The molecular weight excluding hydrogens is 244 g/mol. The lowest BCUT2D eigenvalue weighted by molar-refractivity contribution is 0.100. The molecule has 1 aliphatic heterocycles. The number of rotatable bonds is 4. The molecule has 1 aliphatic rings. The van der Waals surface area contributed by atoms with Crippen LogP contribution >= 0.6 is 0 Å². The zero-order valence-electron chi connectivity index (χ0n) is 11.1. The van der Waals surface area contributed by atoms with Crippen molar-refractivity contribution in [3.05, 3.63) is 17.8 Å². The Hall–Kier alpha value is -1.82. The van der Waals surface area contributed by atoms with E-state index in [-0.39, 0.29) is 0 Å². The van der Waals surface area contributed by atoms with Crippen LogP contribution in [0.5, 0.6) is 0 Å². The standard InChI is InChI=1S/C13H20N4O2/c1-19-8-9-3-2-4-17(7-9)12-5-10(13(15)18)11(14)6-16-12/h5-6,9H,2-4,7-8,14H2,1H3,(H2,15,18). The molecule has 0 aromatic carbocycles. The number of anilines is 2. The highest BCUT2D eigenvalue weighted by atomic mass is 16.5. The number of piperidine rings is 1. The summed E-state index contributed by atoms with van der Waals surface area (Å²) in [5.74, 6) is 0.727. The monoisotopic (exact) mass is 264 g/mol. The summed E-state index contributed by atoms with van der Waals surface area (Å²) in [4.78, 5) is 17.7. The van der Waals surface area contributed by atoms with Crippen LogP contribution in [0.4, 0.5) is 11.5 Å². The van der Waals surface area contributed by atoms with Gasteiger partial charge in [0.15, 0.2) is 0 Å². The van der Waals surface area contributed by atoms with Crippen molar-refractivity contribution in [3.8, 4) is 0 Å². The van der Waals surface area contributed by atoms with Crippen LogP contribution in [0.25, 0.3) is 0 Å². The van der Waals surface area contributed by atoms with E-state index in [4.69, 9.17) is 16.2 Å². The highest BCUT2D eigenvalue weighted by Gasteiger charge is 2.21. The molecule has 2 heterocycles. The molecule has 0 bridgehead atoms. The van der Waals surface area contributed by atoms with Crippen molar-refractivity contribution in [2.24, 2.45) is 11.7 Å². The fourth-order valence-corrected chi connectivity index (χ4v) is 2.49. The van der Waals surface area contributed by atoms with Crippen LogP contribution in [0.15, 0.2) is 12.3 Å². The van der Waals surface area contributed by atoms with Gasteiger partial charge in [-0.1, -0.05) is 0 Å². The van der Waals surface area contributed by atoms with Crippen LogP contribution in [-0.4, -0.2) is 37.7 Å². The Morgan fingerprint density at radius 1 is 1.63 bits per heavy atom. The van der Waals surface area contributed by atoms with Gasteiger partial charge in [0.1, 0.15) is 5.82 Å². The second-order valence-corrected chi connectivity index (χ2v) is 4.90. The molecular formula is C13H20N4O2. The first-order valence-electron chi connectivity index (χ1n) is 6.41. The first kappa shape index (κ1) is 13.6. The Morgan fingerprint density at radius 3 is 3.11 bits per heavy atom. The molecule has 1 amide bonds. The van der Waals surface area contributed by atoms with Crippen LogP contribution in [0.1, 0.15) is 23.2 Å². The molecule has 0 spiro atoms. The van der Waals surface area contributed by atoms with Gasteiger partial charge in [0, 0.05) is 20.2 Å². The average molecular weight is 264 g/mol. The van der Waals surface area contributed by atoms with Gasteiger partial charge in [-0.05, 0) is 24.8 Å². The molecule has 0 radical (unpaired) electrons. The Morgan fingerprint density at radius 2 is 2.42 bits per heavy atom. The summed E-state index contributed by atoms with van der Waals surface area (Å²) in [6.07, 6.45) is 3.74. The smallest absolute Gasteiger partial charge is 0.250 e. The maximum atomic E-state index is 11.3. The van der Waals surface area contributed by atoms with Crippen molar-refractivity contribution in [1.82, 2.24) is 4.98 Å². The number of primary amides is 1. The van der Waals surface area contributed by atoms with Gasteiger partial charge >= 0.3 is 0 Å². The highest BCUT2D eigenvalue weighted by Crippen LogP contribution is 2.24. The Kier molecular flexibility index (Phi) is 4.21. The third-order valence-corrected chi connectivity index (χ3v) is 3.43. The molecule has 19 heavy (non-hydrogen) atoms. The minimum absolute atomic E-state index is 0.321. The van der Waals surface area contributed by atoms with Crippen molar-refractivity contribution in [1.29, 1.82) is 0 Å². The number of carbonyl (C=O) groups excluding carboxylic acids is 1. The minimum Gasteiger partial charge on any atom is -0.397 e. The molecule has 0 saturated carbocycles. The van der Waals surface area contributed by atoms with E-state index in [1.54, 1.807) is 13.2 Å². The van der Waals surface area contributed by atoms with Gasteiger partial charge in [-0.3, -0.25) is 4.79 Å². The van der Waals surface area contributed by atoms with Gasteiger partial charge in [0.05, 0.1) is 24.1 Å². The number of pyridine rings is 1. The van der Waals surface area contributed by atoms with Crippen LogP contribution in [-0.2, 0) is 4.74 Å². The molecule has 1 aromatic heterocycles. The Labute approximate surface area is 112 Å². The van der Waals surface area contributed by atoms with E-state index in [0.717, 1.165) is 38.4 Å². The van der Waals surface area contributed by atoms with E-state index >= 15 is 0 Å². The van der Waals surface area contributed by atoms with E-state index in [9.17, 15) is 4.79 Å². The number of carbonyl (C=O) groups is 1. The number of aromatic nitrogens is 1. The largest absolute Gasteiger partial charge is 0.397 e. The van der Waals surface area contributed by atoms with Crippen molar-refractivity contribution in [3.63, 3.8) is 0 Å². The minimum atomic E-state index is -0.522. The molecule has 1 saturated heterocycles. The molecule has 6 nitrogen and oxygen atoms in total. The van der Waals surface area contributed by atoms with E-state index in [1.807, 2.05) is 0 Å². The average Bonchev–Trinajstić information content (AvgIpc) is 2.39. The van der Waals surface area contributed by atoms with E-state index < -0.39 is 5.91 Å². The number of nitrogen functional groups attached to an aromatic ring is 1. The van der Waals surface area contributed by atoms with Crippen molar-refractivity contribution < 1.29 is 9.53 Å². The summed E-state index contributed by atoms with van der Waals surface area (Å²) in [5.41, 5.74) is 11.6. The predicted octanol–water partition coefficient (Wildman–Crippen LogP) is 0.626. The number of nitrogens with two attached hydrogens (primary N) is 2. The Bertz CT molecular complexity index is 462. The molecule has 6 heteroatoms. The fourth-order valence-electron chi connectivity index (χ4n) is 2.49. The lowest BCUT2D eigenvalue weighted by Gasteiger charge is -2.33. The van der Waals surface area contributed by atoms with Gasteiger partial charge in [-0.15, -0.1) is 0 Å². The SMILES string of the molecule is COCC1CCCN(c2cc(C(N)=O)c(N)cn2)C1. The molecule has 104 valence electrons. The van der Waals surface area contributed by atoms with Crippen LogP contribution in [0.3, 0.4) is 0 Å². The zero-order valence-corrected chi connectivity index (χ0v) is 11.1. The van der Waals surface area contributed by atoms with Gasteiger partial charge in [-0.25, -0.2) is 4.98 Å². The van der Waals surface area contributed by atoms with Crippen LogP contribution in [0, 0.1) is 5.92 Å². The normalized spacial score (nSPS) is 19.4. The fraction of sp³-hybridized carbons (Fsp3) is 0.538. The van der Waals surface area contributed by atoms with Crippen LogP contribution in [0.2, 0.25) is 0 Å². The summed E-state index contributed by atoms with van der Waals surface area (Å²) in [7, 11) is 1.71. The lowest BCUT2D eigenvalue weighted by atomic mass is 9.99. The maximum absolute atomic E-state index is 11.3. The summed E-state index contributed by atoms with van der Waals surface area (Å²) >= 11 is 0. The molecule has 2 rings (SSSR count). The zero-order chi connectivity index (χ0) is 13.8. The van der Waals surface area contributed by atoms with Gasteiger partial charge in [0.25, 0.3) is 5.91 Å².